The van der Waals surface area contributed by atoms with Crippen molar-refractivity contribution < 1.29 is 24.3 Å². The number of rotatable bonds is 6. The highest BCUT2D eigenvalue weighted by molar-refractivity contribution is 6.09. The largest absolute Gasteiger partial charge is 0.480 e. The van der Waals surface area contributed by atoms with Crippen LogP contribution in [-0.4, -0.2) is 51.1 Å². The summed E-state index contributed by atoms with van der Waals surface area (Å²) >= 11 is 0. The van der Waals surface area contributed by atoms with Crippen LogP contribution < -0.4 is 11.1 Å². The predicted octanol–water partition coefficient (Wildman–Crippen LogP) is -0.706. The van der Waals surface area contributed by atoms with Crippen LogP contribution in [0.4, 0.5) is 0 Å². The lowest BCUT2D eigenvalue weighted by Crippen LogP contribution is -2.62. The highest BCUT2D eigenvalue weighted by Crippen LogP contribution is 2.28. The molecule has 0 aromatic carbocycles. The van der Waals surface area contributed by atoms with Gasteiger partial charge in [-0.1, -0.05) is 6.08 Å². The first-order valence-electron chi connectivity index (χ1n) is 7.32. The summed E-state index contributed by atoms with van der Waals surface area (Å²) in [4.78, 5) is 52.0. The topological polar surface area (TPSA) is 142 Å². The minimum absolute atomic E-state index is 0.128. The van der Waals surface area contributed by atoms with Crippen molar-refractivity contribution in [3.63, 3.8) is 0 Å². The number of hydrogen-bond donors (Lipinski definition) is 3. The summed E-state index contributed by atoms with van der Waals surface area (Å²) in [5.41, 5.74) is 3.71. The van der Waals surface area contributed by atoms with Gasteiger partial charge in [-0.2, -0.15) is 4.99 Å². The van der Waals surface area contributed by atoms with Crippen molar-refractivity contribution in [2.24, 2.45) is 10.7 Å². The van der Waals surface area contributed by atoms with E-state index in [4.69, 9.17) is 5.73 Å². The second kappa shape index (κ2) is 6.65. The van der Waals surface area contributed by atoms with Crippen LogP contribution in [0.5, 0.6) is 0 Å². The number of carbonyl (C=O) groups is 4. The molecular weight excluding hydrogens is 316 g/mol. The fourth-order valence-corrected chi connectivity index (χ4v) is 2.54. The fraction of sp³-hybridized carbons (Fsp3) is 0.400. The summed E-state index contributed by atoms with van der Waals surface area (Å²) in [7, 11) is 0. The van der Waals surface area contributed by atoms with E-state index in [1.54, 1.807) is 24.4 Å². The molecule has 0 fully saturated rings. The van der Waals surface area contributed by atoms with Crippen LogP contribution in [0.1, 0.15) is 26.2 Å². The van der Waals surface area contributed by atoms with E-state index in [0.717, 1.165) is 0 Å². The van der Waals surface area contributed by atoms with E-state index in [-0.39, 0.29) is 19.3 Å². The Bertz CT molecular complexity index is 681. The van der Waals surface area contributed by atoms with Crippen molar-refractivity contribution in [1.29, 1.82) is 0 Å². The molecule has 0 bridgehead atoms. The van der Waals surface area contributed by atoms with Crippen LogP contribution in [-0.2, 0) is 19.2 Å². The Kier molecular flexibility index (Phi) is 4.82. The molecule has 0 radical (unpaired) electrons. The fourth-order valence-electron chi connectivity index (χ4n) is 2.54. The van der Waals surface area contributed by atoms with E-state index in [0.29, 0.717) is 5.84 Å². The van der Waals surface area contributed by atoms with Gasteiger partial charge in [-0.25, -0.2) is 4.79 Å². The van der Waals surface area contributed by atoms with Gasteiger partial charge in [-0.15, -0.1) is 0 Å². The predicted molar refractivity (Wildman–Crippen MR) is 83.6 cm³/mol. The van der Waals surface area contributed by atoms with E-state index in [2.05, 4.69) is 10.3 Å². The number of aliphatic carboxylic acids is 1. The van der Waals surface area contributed by atoms with Crippen molar-refractivity contribution in [3.05, 3.63) is 24.4 Å². The molecule has 0 saturated carbocycles. The van der Waals surface area contributed by atoms with Gasteiger partial charge in [0.05, 0.1) is 6.42 Å². The Hall–Kier alpha value is -2.97. The van der Waals surface area contributed by atoms with Crippen molar-refractivity contribution in [2.45, 2.75) is 37.8 Å². The molecule has 2 atom stereocenters. The monoisotopic (exact) mass is 334 g/mol. The quantitative estimate of drug-likeness (QED) is 0.586. The van der Waals surface area contributed by atoms with E-state index < -0.39 is 35.3 Å². The number of primary amides is 1. The molecule has 2 aliphatic rings. The SMILES string of the molecule is CC1(C(=O)NC(CCC(N)=O)C(=O)O)CC(=O)N=C2C=CC=CN21. The number of fused-ring (bicyclic) bond motifs is 1. The number of aliphatic imine (C=N–C) groups is 1. The molecule has 4 N–H and O–H groups in total. The summed E-state index contributed by atoms with van der Waals surface area (Å²) in [6.07, 6.45) is 6.06. The highest BCUT2D eigenvalue weighted by atomic mass is 16.4. The summed E-state index contributed by atoms with van der Waals surface area (Å²) < 4.78 is 0. The van der Waals surface area contributed by atoms with Crippen molar-refractivity contribution in [2.75, 3.05) is 0 Å². The second-order valence-corrected chi connectivity index (χ2v) is 5.75. The zero-order chi connectivity index (χ0) is 17.9. The smallest absolute Gasteiger partial charge is 0.326 e. The number of nitrogens with zero attached hydrogens (tertiary/aromatic N) is 2. The number of nitrogens with two attached hydrogens (primary N) is 1. The number of carboxylic acid groups (broad SMARTS) is 1. The average molecular weight is 334 g/mol. The first kappa shape index (κ1) is 17.4. The van der Waals surface area contributed by atoms with Gasteiger partial charge >= 0.3 is 5.97 Å². The van der Waals surface area contributed by atoms with Crippen LogP contribution in [0.2, 0.25) is 0 Å². The van der Waals surface area contributed by atoms with Gasteiger partial charge in [-0.05, 0) is 25.5 Å². The minimum atomic E-state index is -1.31. The molecule has 0 aliphatic carbocycles. The maximum atomic E-state index is 12.7. The molecule has 3 amide bonds. The van der Waals surface area contributed by atoms with E-state index in [9.17, 15) is 24.3 Å². The summed E-state index contributed by atoms with van der Waals surface area (Å²) in [6, 6.07) is -1.27. The molecule has 0 saturated heterocycles. The average Bonchev–Trinajstić information content (AvgIpc) is 2.50. The Morgan fingerprint density at radius 2 is 2.17 bits per heavy atom. The highest BCUT2D eigenvalue weighted by Gasteiger charge is 2.46. The maximum absolute atomic E-state index is 12.7. The van der Waals surface area contributed by atoms with Gasteiger partial charge in [-0.3, -0.25) is 14.4 Å². The molecule has 0 spiro atoms. The summed E-state index contributed by atoms with van der Waals surface area (Å²) in [5, 5.41) is 11.6. The van der Waals surface area contributed by atoms with E-state index in [1.165, 1.54) is 11.8 Å². The molecule has 2 aliphatic heterocycles. The molecule has 24 heavy (non-hydrogen) atoms. The number of carboxylic acids is 1. The number of hydrogen-bond acceptors (Lipinski definition) is 5. The third-order valence-electron chi connectivity index (χ3n) is 3.88. The standard InChI is InChI=1S/C15H18N4O5/c1-15(8-12(21)18-11-4-2-3-7-19(11)15)14(24)17-9(13(22)23)5-6-10(16)20/h2-4,7,9H,5-6,8H2,1H3,(H2,16,20)(H,17,24)(H,22,23). The lowest BCUT2D eigenvalue weighted by molar-refractivity contribution is -0.144. The Morgan fingerprint density at radius 1 is 1.46 bits per heavy atom. The Morgan fingerprint density at radius 3 is 2.79 bits per heavy atom. The molecule has 2 rings (SSSR count). The van der Waals surface area contributed by atoms with E-state index >= 15 is 0 Å². The van der Waals surface area contributed by atoms with Crippen molar-refractivity contribution in [3.8, 4) is 0 Å². The molecule has 9 heteroatoms. The van der Waals surface area contributed by atoms with Crippen LogP contribution in [0, 0.1) is 0 Å². The first-order chi connectivity index (χ1) is 11.2. The molecule has 0 aromatic rings. The van der Waals surface area contributed by atoms with Gasteiger partial charge in [0, 0.05) is 12.6 Å². The van der Waals surface area contributed by atoms with Crippen molar-refractivity contribution >= 4 is 29.5 Å². The number of amidine groups is 1. The number of amides is 3. The minimum Gasteiger partial charge on any atom is -0.480 e. The zero-order valence-corrected chi connectivity index (χ0v) is 13.1. The van der Waals surface area contributed by atoms with Gasteiger partial charge in [0.15, 0.2) is 0 Å². The lowest BCUT2D eigenvalue weighted by Gasteiger charge is -2.42. The summed E-state index contributed by atoms with van der Waals surface area (Å²) in [6.45, 7) is 1.53. The zero-order valence-electron chi connectivity index (χ0n) is 13.1. The normalized spacial score (nSPS) is 23.3. The molecule has 2 heterocycles. The van der Waals surface area contributed by atoms with E-state index in [1.807, 2.05) is 0 Å². The van der Waals surface area contributed by atoms with Gasteiger partial charge < -0.3 is 21.1 Å². The second-order valence-electron chi connectivity index (χ2n) is 5.75. The van der Waals surface area contributed by atoms with Gasteiger partial charge in [0.1, 0.15) is 17.4 Å². The molecular formula is C15H18N4O5. The first-order valence-corrected chi connectivity index (χ1v) is 7.32. The van der Waals surface area contributed by atoms with Crippen LogP contribution in [0.25, 0.3) is 0 Å². The third kappa shape index (κ3) is 3.50. The van der Waals surface area contributed by atoms with Crippen LogP contribution in [0.3, 0.4) is 0 Å². The van der Waals surface area contributed by atoms with Gasteiger partial charge in [0.2, 0.25) is 11.8 Å². The van der Waals surface area contributed by atoms with Gasteiger partial charge in [0.25, 0.3) is 5.91 Å². The van der Waals surface area contributed by atoms with Crippen LogP contribution >= 0.6 is 0 Å². The number of allylic oxidation sites excluding steroid dienone is 2. The molecule has 2 unspecified atom stereocenters. The lowest BCUT2D eigenvalue weighted by atomic mass is 9.90. The van der Waals surface area contributed by atoms with Crippen LogP contribution in [0.15, 0.2) is 29.4 Å². The third-order valence-corrected chi connectivity index (χ3v) is 3.88. The Labute approximate surface area is 137 Å². The molecule has 0 aromatic heterocycles. The molecule has 128 valence electrons. The molecule has 9 nitrogen and oxygen atoms in total. The Balaban J connectivity index is 2.20. The number of carbonyl (C=O) groups excluding carboxylic acids is 3. The maximum Gasteiger partial charge on any atom is 0.326 e. The number of nitrogens with one attached hydrogen (secondary N) is 1. The summed E-state index contributed by atoms with van der Waals surface area (Å²) in [5.74, 6) is -2.73. The van der Waals surface area contributed by atoms with Crippen molar-refractivity contribution in [1.82, 2.24) is 10.2 Å².